The Kier molecular flexibility index (Phi) is 6.46. The molecule has 0 saturated carbocycles. The van der Waals surface area contributed by atoms with Crippen LogP contribution >= 0.6 is 0 Å². The Bertz CT molecular complexity index is 429. The van der Waals surface area contributed by atoms with Crippen LogP contribution in [0.5, 0.6) is 5.88 Å². The minimum atomic E-state index is 0.233. The van der Waals surface area contributed by atoms with Gasteiger partial charge in [0.1, 0.15) is 6.61 Å². The lowest BCUT2D eigenvalue weighted by Gasteiger charge is -2.14. The number of rotatable bonds is 8. The van der Waals surface area contributed by atoms with Gasteiger partial charge in [0.25, 0.3) is 0 Å². The van der Waals surface area contributed by atoms with E-state index in [-0.39, 0.29) is 6.10 Å². The average Bonchev–Trinajstić information content (AvgIpc) is 2.98. The summed E-state index contributed by atoms with van der Waals surface area (Å²) in [5, 5.41) is 3.43. The Hall–Kier alpha value is -1.13. The van der Waals surface area contributed by atoms with Crippen LogP contribution in [0.4, 0.5) is 0 Å². The van der Waals surface area contributed by atoms with Crippen LogP contribution < -0.4 is 10.1 Å². The predicted molar refractivity (Wildman–Crippen MR) is 84.8 cm³/mol. The van der Waals surface area contributed by atoms with E-state index in [1.165, 1.54) is 5.56 Å². The van der Waals surface area contributed by atoms with Gasteiger partial charge in [-0.15, -0.1) is 0 Å². The first kappa shape index (κ1) is 16.2. The lowest BCUT2D eigenvalue weighted by Crippen LogP contribution is -2.18. The van der Waals surface area contributed by atoms with E-state index in [9.17, 15) is 0 Å². The van der Waals surface area contributed by atoms with Crippen LogP contribution in [-0.2, 0) is 11.3 Å². The maximum Gasteiger partial charge on any atom is 0.213 e. The summed E-state index contributed by atoms with van der Waals surface area (Å²) in [5.74, 6) is 1.13. The van der Waals surface area contributed by atoms with E-state index in [0.29, 0.717) is 12.5 Å². The zero-order valence-corrected chi connectivity index (χ0v) is 13.5. The van der Waals surface area contributed by atoms with E-state index in [4.69, 9.17) is 9.47 Å². The number of hydrogen-bond acceptors (Lipinski definition) is 4. The number of nitrogens with zero attached hydrogens (tertiary/aromatic N) is 1. The molecule has 1 fully saturated rings. The predicted octanol–water partition coefficient (Wildman–Crippen LogP) is 3.26. The van der Waals surface area contributed by atoms with Crippen LogP contribution in [-0.4, -0.2) is 30.8 Å². The first-order valence-electron chi connectivity index (χ1n) is 8.15. The molecule has 2 heterocycles. The highest BCUT2D eigenvalue weighted by Crippen LogP contribution is 2.20. The highest BCUT2D eigenvalue weighted by molar-refractivity contribution is 5.26. The Morgan fingerprint density at radius 3 is 2.95 bits per heavy atom. The molecule has 21 heavy (non-hydrogen) atoms. The molecule has 4 nitrogen and oxygen atoms in total. The Morgan fingerprint density at radius 1 is 1.43 bits per heavy atom. The van der Waals surface area contributed by atoms with Crippen molar-refractivity contribution in [2.75, 3.05) is 19.8 Å². The van der Waals surface area contributed by atoms with E-state index in [1.54, 1.807) is 0 Å². The number of nitrogens with one attached hydrogen (secondary N) is 1. The molecule has 1 N–H and O–H groups in total. The monoisotopic (exact) mass is 292 g/mol. The summed E-state index contributed by atoms with van der Waals surface area (Å²) in [6.45, 7) is 9.87. The fourth-order valence-corrected chi connectivity index (χ4v) is 2.42. The number of pyridine rings is 1. The second kappa shape index (κ2) is 8.35. The van der Waals surface area contributed by atoms with Crippen molar-refractivity contribution >= 4 is 0 Å². The molecule has 1 unspecified atom stereocenters. The Morgan fingerprint density at radius 2 is 2.29 bits per heavy atom. The highest BCUT2D eigenvalue weighted by atomic mass is 16.5. The molecule has 0 spiro atoms. The van der Waals surface area contributed by atoms with E-state index in [1.807, 2.05) is 6.07 Å². The molecule has 1 aliphatic heterocycles. The molecular formula is C17H28N2O2. The summed E-state index contributed by atoms with van der Waals surface area (Å²) >= 11 is 0. The van der Waals surface area contributed by atoms with Crippen LogP contribution in [0.1, 0.15) is 57.2 Å². The molecular weight excluding hydrogens is 264 g/mol. The summed E-state index contributed by atoms with van der Waals surface area (Å²) in [6.07, 6.45) is 3.61. The smallest absolute Gasteiger partial charge is 0.213 e. The molecule has 0 bridgehead atoms. The Balaban J connectivity index is 1.99. The van der Waals surface area contributed by atoms with E-state index >= 15 is 0 Å². The van der Waals surface area contributed by atoms with Gasteiger partial charge in [-0.2, -0.15) is 0 Å². The lowest BCUT2D eigenvalue weighted by atomic mass is 10.1. The average molecular weight is 292 g/mol. The van der Waals surface area contributed by atoms with Gasteiger partial charge in [-0.05, 0) is 43.4 Å². The third-order valence-electron chi connectivity index (χ3n) is 3.67. The van der Waals surface area contributed by atoms with E-state index in [2.05, 4.69) is 37.1 Å². The molecule has 1 aromatic rings. The molecule has 1 atom stereocenters. The number of hydrogen-bond donors (Lipinski definition) is 1. The molecule has 0 aliphatic carbocycles. The van der Waals surface area contributed by atoms with Crippen LogP contribution in [0, 0.1) is 0 Å². The molecule has 0 aromatic carbocycles. The van der Waals surface area contributed by atoms with Crippen molar-refractivity contribution < 1.29 is 9.47 Å². The fourth-order valence-electron chi connectivity index (χ4n) is 2.42. The summed E-state index contributed by atoms with van der Waals surface area (Å²) < 4.78 is 11.5. The van der Waals surface area contributed by atoms with Gasteiger partial charge in [0.2, 0.25) is 5.88 Å². The molecule has 118 valence electrons. The standard InChI is InChI=1S/C17H28N2O2/c1-4-7-18-11-14-9-16(13(2)3)19-17(10-14)21-12-15-6-5-8-20-15/h9-10,13,15,18H,4-8,11-12H2,1-3H3. The maximum atomic E-state index is 5.86. The number of aromatic nitrogens is 1. The van der Waals surface area contributed by atoms with E-state index < -0.39 is 0 Å². The van der Waals surface area contributed by atoms with Crippen LogP contribution in [0.15, 0.2) is 12.1 Å². The van der Waals surface area contributed by atoms with Crippen molar-refractivity contribution in [2.45, 2.75) is 58.6 Å². The third kappa shape index (κ3) is 5.29. The zero-order valence-electron chi connectivity index (χ0n) is 13.5. The van der Waals surface area contributed by atoms with Gasteiger partial charge in [-0.25, -0.2) is 4.98 Å². The second-order valence-electron chi connectivity index (χ2n) is 6.02. The largest absolute Gasteiger partial charge is 0.475 e. The van der Waals surface area contributed by atoms with Crippen molar-refractivity contribution in [3.8, 4) is 5.88 Å². The highest BCUT2D eigenvalue weighted by Gasteiger charge is 2.16. The summed E-state index contributed by atoms with van der Waals surface area (Å²) in [4.78, 5) is 4.62. The molecule has 1 saturated heterocycles. The first-order valence-corrected chi connectivity index (χ1v) is 8.15. The molecule has 2 rings (SSSR count). The molecule has 1 aromatic heterocycles. The van der Waals surface area contributed by atoms with Gasteiger partial charge in [0, 0.05) is 24.9 Å². The fraction of sp³-hybridized carbons (Fsp3) is 0.706. The topological polar surface area (TPSA) is 43.4 Å². The van der Waals surface area contributed by atoms with Gasteiger partial charge in [-0.1, -0.05) is 20.8 Å². The maximum absolute atomic E-state index is 5.86. The van der Waals surface area contributed by atoms with Crippen LogP contribution in [0.3, 0.4) is 0 Å². The van der Waals surface area contributed by atoms with Crippen molar-refractivity contribution in [2.24, 2.45) is 0 Å². The second-order valence-corrected chi connectivity index (χ2v) is 6.02. The lowest BCUT2D eigenvalue weighted by molar-refractivity contribution is 0.0662. The number of ether oxygens (including phenoxy) is 2. The van der Waals surface area contributed by atoms with Gasteiger partial charge < -0.3 is 14.8 Å². The molecule has 0 amide bonds. The van der Waals surface area contributed by atoms with Crippen molar-refractivity contribution in [1.29, 1.82) is 0 Å². The van der Waals surface area contributed by atoms with Gasteiger partial charge in [0.05, 0.1) is 6.10 Å². The molecule has 1 aliphatic rings. The summed E-state index contributed by atoms with van der Waals surface area (Å²) in [5.41, 5.74) is 2.33. The first-order chi connectivity index (χ1) is 10.2. The molecule has 4 heteroatoms. The summed E-state index contributed by atoms with van der Waals surface area (Å²) in [6, 6.07) is 4.22. The Labute approximate surface area is 128 Å². The van der Waals surface area contributed by atoms with Gasteiger partial charge in [0.15, 0.2) is 0 Å². The SMILES string of the molecule is CCCNCc1cc(OCC2CCCO2)nc(C(C)C)c1. The van der Waals surface area contributed by atoms with E-state index in [0.717, 1.165) is 50.5 Å². The van der Waals surface area contributed by atoms with Crippen molar-refractivity contribution in [1.82, 2.24) is 10.3 Å². The minimum Gasteiger partial charge on any atom is -0.475 e. The summed E-state index contributed by atoms with van der Waals surface area (Å²) in [7, 11) is 0. The quantitative estimate of drug-likeness (QED) is 0.747. The van der Waals surface area contributed by atoms with Crippen LogP contribution in [0.25, 0.3) is 0 Å². The zero-order chi connectivity index (χ0) is 15.1. The normalized spacial score (nSPS) is 18.4. The van der Waals surface area contributed by atoms with Gasteiger partial charge >= 0.3 is 0 Å². The van der Waals surface area contributed by atoms with Gasteiger partial charge in [-0.3, -0.25) is 0 Å². The minimum absolute atomic E-state index is 0.233. The van der Waals surface area contributed by atoms with Crippen molar-refractivity contribution in [3.05, 3.63) is 23.4 Å². The third-order valence-corrected chi connectivity index (χ3v) is 3.67. The molecule has 0 radical (unpaired) electrons. The van der Waals surface area contributed by atoms with Crippen molar-refractivity contribution in [3.63, 3.8) is 0 Å². The van der Waals surface area contributed by atoms with Crippen LogP contribution in [0.2, 0.25) is 0 Å².